The first-order valence-electron chi connectivity index (χ1n) is 8.84. The van der Waals surface area contributed by atoms with E-state index in [0.717, 1.165) is 38.0 Å². The van der Waals surface area contributed by atoms with Crippen LogP contribution in [-0.4, -0.2) is 53.1 Å². The highest BCUT2D eigenvalue weighted by molar-refractivity contribution is 5.81. The Balaban J connectivity index is 1.61. The lowest BCUT2D eigenvalue weighted by atomic mass is 9.87. The molecule has 0 N–H and O–H groups in total. The van der Waals surface area contributed by atoms with E-state index in [9.17, 15) is 9.18 Å². The summed E-state index contributed by atoms with van der Waals surface area (Å²) in [7, 11) is 0. The largest absolute Gasteiger partial charge is 0.360 e. The van der Waals surface area contributed by atoms with E-state index in [1.54, 1.807) is 0 Å². The molecule has 2 aliphatic heterocycles. The van der Waals surface area contributed by atoms with Crippen LogP contribution < -0.4 is 0 Å². The Kier molecular flexibility index (Phi) is 4.92. The van der Waals surface area contributed by atoms with Crippen LogP contribution in [0.25, 0.3) is 0 Å². The van der Waals surface area contributed by atoms with E-state index in [4.69, 9.17) is 4.74 Å². The summed E-state index contributed by atoms with van der Waals surface area (Å²) in [5.41, 5.74) is 0.918. The predicted octanol–water partition coefficient (Wildman–Crippen LogP) is 2.82. The summed E-state index contributed by atoms with van der Waals surface area (Å²) in [4.78, 5) is 16.6. The van der Waals surface area contributed by atoms with Crippen LogP contribution in [0.15, 0.2) is 24.3 Å². The Hall–Kier alpha value is -1.46. The molecule has 132 valence electrons. The molecule has 2 aliphatic rings. The van der Waals surface area contributed by atoms with E-state index < -0.39 is 0 Å². The Morgan fingerprint density at radius 2 is 1.88 bits per heavy atom. The van der Waals surface area contributed by atoms with Crippen molar-refractivity contribution in [2.45, 2.75) is 57.9 Å². The van der Waals surface area contributed by atoms with Gasteiger partial charge in [0.05, 0.1) is 12.1 Å². The van der Waals surface area contributed by atoms with Gasteiger partial charge in [-0.1, -0.05) is 12.1 Å². The summed E-state index contributed by atoms with van der Waals surface area (Å²) in [6.07, 6.45) is 1.49. The normalized spacial score (nSPS) is 24.8. The van der Waals surface area contributed by atoms with Crippen molar-refractivity contribution in [1.82, 2.24) is 9.80 Å². The van der Waals surface area contributed by atoms with E-state index in [2.05, 4.69) is 18.7 Å². The van der Waals surface area contributed by atoms with Gasteiger partial charge >= 0.3 is 0 Å². The summed E-state index contributed by atoms with van der Waals surface area (Å²) in [6, 6.07) is 6.92. The van der Waals surface area contributed by atoms with Crippen LogP contribution in [0.5, 0.6) is 0 Å². The summed E-state index contributed by atoms with van der Waals surface area (Å²) in [6.45, 7) is 9.38. The molecule has 0 bridgehead atoms. The Morgan fingerprint density at radius 3 is 2.46 bits per heavy atom. The lowest BCUT2D eigenvalue weighted by molar-refractivity contribution is -0.193. The molecular formula is C19H27FN2O2. The van der Waals surface area contributed by atoms with Crippen LogP contribution in [0.4, 0.5) is 4.39 Å². The SMILES string of the molecule is CC(C)N1CC2(CCN(Cc3ccc(F)cc3)CC2)O[C@H](C)C1=O. The van der Waals surface area contributed by atoms with Crippen LogP contribution in [0.1, 0.15) is 39.2 Å². The Labute approximate surface area is 143 Å². The molecule has 1 spiro atoms. The third-order valence-corrected chi connectivity index (χ3v) is 5.23. The molecular weight excluding hydrogens is 307 g/mol. The molecule has 5 heteroatoms. The van der Waals surface area contributed by atoms with Gasteiger partial charge in [-0.3, -0.25) is 9.69 Å². The van der Waals surface area contributed by atoms with E-state index in [-0.39, 0.29) is 29.5 Å². The molecule has 3 rings (SSSR count). The van der Waals surface area contributed by atoms with Crippen molar-refractivity contribution in [2.24, 2.45) is 0 Å². The average molecular weight is 334 g/mol. The molecule has 2 heterocycles. The molecule has 0 radical (unpaired) electrons. The maximum Gasteiger partial charge on any atom is 0.251 e. The van der Waals surface area contributed by atoms with Crippen LogP contribution in [-0.2, 0) is 16.1 Å². The maximum absolute atomic E-state index is 13.0. The number of piperidine rings is 1. The van der Waals surface area contributed by atoms with Gasteiger partial charge in [-0.2, -0.15) is 0 Å². The van der Waals surface area contributed by atoms with E-state index >= 15 is 0 Å². The van der Waals surface area contributed by atoms with Crippen molar-refractivity contribution in [3.63, 3.8) is 0 Å². The van der Waals surface area contributed by atoms with Crippen molar-refractivity contribution in [2.75, 3.05) is 19.6 Å². The molecule has 1 aromatic rings. The fourth-order valence-corrected chi connectivity index (χ4v) is 3.76. The van der Waals surface area contributed by atoms with Crippen LogP contribution in [0, 0.1) is 5.82 Å². The third-order valence-electron chi connectivity index (χ3n) is 5.23. The van der Waals surface area contributed by atoms with E-state index in [0.29, 0.717) is 6.54 Å². The number of benzene rings is 1. The number of morpholine rings is 1. The number of halogens is 1. The second-order valence-electron chi connectivity index (χ2n) is 7.41. The monoisotopic (exact) mass is 334 g/mol. The topological polar surface area (TPSA) is 32.8 Å². The second kappa shape index (κ2) is 6.81. The standard InChI is InChI=1S/C19H27FN2O2/c1-14(2)22-13-19(24-15(3)18(22)23)8-10-21(11-9-19)12-16-4-6-17(20)7-5-16/h4-7,14-15H,8-13H2,1-3H3/t15-/m1/s1. The van der Waals surface area contributed by atoms with Crippen molar-refractivity contribution < 1.29 is 13.9 Å². The molecule has 4 nitrogen and oxygen atoms in total. The van der Waals surface area contributed by atoms with Crippen molar-refractivity contribution >= 4 is 5.91 Å². The average Bonchev–Trinajstić information content (AvgIpc) is 2.55. The molecule has 0 aromatic heterocycles. The molecule has 0 unspecified atom stereocenters. The second-order valence-corrected chi connectivity index (χ2v) is 7.41. The van der Waals surface area contributed by atoms with Gasteiger partial charge < -0.3 is 9.64 Å². The number of hydrogen-bond acceptors (Lipinski definition) is 3. The highest BCUT2D eigenvalue weighted by atomic mass is 19.1. The molecule has 1 aromatic carbocycles. The smallest absolute Gasteiger partial charge is 0.251 e. The minimum atomic E-state index is -0.357. The Bertz CT molecular complexity index is 580. The predicted molar refractivity (Wildman–Crippen MR) is 91.0 cm³/mol. The van der Waals surface area contributed by atoms with Crippen molar-refractivity contribution in [1.29, 1.82) is 0 Å². The number of ether oxygens (including phenoxy) is 1. The van der Waals surface area contributed by atoms with Gasteiger partial charge in [-0.15, -0.1) is 0 Å². The lowest BCUT2D eigenvalue weighted by Gasteiger charge is -2.50. The van der Waals surface area contributed by atoms with Crippen LogP contribution in [0.3, 0.4) is 0 Å². The quantitative estimate of drug-likeness (QED) is 0.852. The molecule has 0 saturated carbocycles. The zero-order valence-electron chi connectivity index (χ0n) is 14.8. The maximum atomic E-state index is 13.0. The zero-order valence-corrected chi connectivity index (χ0v) is 14.8. The Morgan fingerprint density at radius 1 is 1.25 bits per heavy atom. The van der Waals surface area contributed by atoms with Crippen molar-refractivity contribution in [3.8, 4) is 0 Å². The lowest BCUT2D eigenvalue weighted by Crippen LogP contribution is -2.62. The fourth-order valence-electron chi connectivity index (χ4n) is 3.76. The van der Waals surface area contributed by atoms with Crippen LogP contribution in [0.2, 0.25) is 0 Å². The molecule has 1 atom stereocenters. The number of nitrogens with zero attached hydrogens (tertiary/aromatic N) is 2. The van der Waals surface area contributed by atoms with Gasteiger partial charge in [0.25, 0.3) is 5.91 Å². The number of carbonyl (C=O) groups is 1. The molecule has 0 aliphatic carbocycles. The van der Waals surface area contributed by atoms with Gasteiger partial charge in [0, 0.05) is 25.7 Å². The first-order valence-corrected chi connectivity index (χ1v) is 8.84. The van der Waals surface area contributed by atoms with Gasteiger partial charge in [0.1, 0.15) is 11.9 Å². The molecule has 2 saturated heterocycles. The summed E-state index contributed by atoms with van der Waals surface area (Å²) >= 11 is 0. The molecule has 2 fully saturated rings. The zero-order chi connectivity index (χ0) is 17.3. The van der Waals surface area contributed by atoms with Gasteiger partial charge in [0.15, 0.2) is 0 Å². The van der Waals surface area contributed by atoms with Crippen molar-refractivity contribution in [3.05, 3.63) is 35.6 Å². The van der Waals surface area contributed by atoms with E-state index in [1.165, 1.54) is 12.1 Å². The molecule has 24 heavy (non-hydrogen) atoms. The highest BCUT2D eigenvalue weighted by Gasteiger charge is 2.45. The summed E-state index contributed by atoms with van der Waals surface area (Å²) in [5.74, 6) is -0.0937. The fraction of sp³-hybridized carbons (Fsp3) is 0.632. The first kappa shape index (κ1) is 17.4. The number of amides is 1. The number of carbonyl (C=O) groups excluding carboxylic acids is 1. The van der Waals surface area contributed by atoms with Gasteiger partial charge in [0.2, 0.25) is 0 Å². The highest BCUT2D eigenvalue weighted by Crippen LogP contribution is 2.34. The van der Waals surface area contributed by atoms with Gasteiger partial charge in [-0.25, -0.2) is 4.39 Å². The summed E-state index contributed by atoms with van der Waals surface area (Å²) < 4.78 is 19.2. The van der Waals surface area contributed by atoms with Crippen LogP contribution >= 0.6 is 0 Å². The van der Waals surface area contributed by atoms with E-state index in [1.807, 2.05) is 24.0 Å². The minimum Gasteiger partial charge on any atom is -0.360 e. The third kappa shape index (κ3) is 3.62. The number of rotatable bonds is 3. The number of likely N-dealkylation sites (tertiary alicyclic amines) is 1. The van der Waals surface area contributed by atoms with Gasteiger partial charge in [-0.05, 0) is 51.3 Å². The number of hydrogen-bond donors (Lipinski definition) is 0. The minimum absolute atomic E-state index is 0.101. The summed E-state index contributed by atoms with van der Waals surface area (Å²) in [5, 5.41) is 0. The first-order chi connectivity index (χ1) is 11.4. The molecule has 1 amide bonds.